The lowest BCUT2D eigenvalue weighted by Crippen LogP contribution is -2.37. The molecule has 1 unspecified atom stereocenters. The standard InChI is InChI=1S/C15H26N2OS/c1-15(2,3)14-16-12(11-19-14)9-17-8-6-4-5-7-13(17)10-18/h11,13,18H,4-10H2,1-3H3. The third-order valence-corrected chi connectivity index (χ3v) is 5.09. The van der Waals surface area contributed by atoms with Gasteiger partial charge in [-0.15, -0.1) is 11.3 Å². The first-order valence-electron chi connectivity index (χ1n) is 7.30. The molecule has 0 saturated carbocycles. The highest BCUT2D eigenvalue weighted by Gasteiger charge is 2.23. The van der Waals surface area contributed by atoms with Crippen LogP contribution < -0.4 is 0 Å². The van der Waals surface area contributed by atoms with E-state index in [4.69, 9.17) is 4.98 Å². The fraction of sp³-hybridized carbons (Fsp3) is 0.800. The molecule has 0 spiro atoms. The molecule has 4 heteroatoms. The van der Waals surface area contributed by atoms with Gasteiger partial charge in [0.1, 0.15) is 0 Å². The first-order valence-corrected chi connectivity index (χ1v) is 8.18. The number of aliphatic hydroxyl groups excluding tert-OH is 1. The van der Waals surface area contributed by atoms with E-state index in [2.05, 4.69) is 31.1 Å². The van der Waals surface area contributed by atoms with Gasteiger partial charge in [-0.05, 0) is 19.4 Å². The number of aromatic nitrogens is 1. The fourth-order valence-electron chi connectivity index (χ4n) is 2.58. The highest BCUT2D eigenvalue weighted by molar-refractivity contribution is 7.09. The molecule has 1 N–H and O–H groups in total. The minimum atomic E-state index is 0.137. The van der Waals surface area contributed by atoms with Gasteiger partial charge >= 0.3 is 0 Å². The summed E-state index contributed by atoms with van der Waals surface area (Å²) in [6, 6.07) is 0.322. The first kappa shape index (κ1) is 14.9. The normalized spacial score (nSPS) is 22.4. The van der Waals surface area contributed by atoms with Gasteiger partial charge in [0.05, 0.1) is 17.3 Å². The lowest BCUT2D eigenvalue weighted by molar-refractivity contribution is 0.117. The van der Waals surface area contributed by atoms with Crippen LogP contribution in [0, 0.1) is 0 Å². The van der Waals surface area contributed by atoms with Crippen molar-refractivity contribution in [3.8, 4) is 0 Å². The molecular formula is C15H26N2OS. The zero-order valence-electron chi connectivity index (χ0n) is 12.4. The molecule has 19 heavy (non-hydrogen) atoms. The molecule has 1 atom stereocenters. The van der Waals surface area contributed by atoms with Gasteiger partial charge in [0.2, 0.25) is 0 Å². The van der Waals surface area contributed by atoms with Crippen molar-refractivity contribution in [1.29, 1.82) is 0 Å². The Labute approximate surface area is 120 Å². The van der Waals surface area contributed by atoms with Crippen molar-refractivity contribution in [2.24, 2.45) is 0 Å². The highest BCUT2D eigenvalue weighted by Crippen LogP contribution is 2.27. The minimum Gasteiger partial charge on any atom is -0.395 e. The molecule has 1 saturated heterocycles. The molecule has 1 aliphatic heterocycles. The van der Waals surface area contributed by atoms with Crippen molar-refractivity contribution < 1.29 is 5.11 Å². The van der Waals surface area contributed by atoms with E-state index in [1.54, 1.807) is 11.3 Å². The fourth-order valence-corrected chi connectivity index (χ4v) is 3.48. The van der Waals surface area contributed by atoms with Gasteiger partial charge in [0.15, 0.2) is 0 Å². The Kier molecular flexibility index (Phi) is 4.98. The molecule has 0 amide bonds. The topological polar surface area (TPSA) is 36.4 Å². The molecule has 2 rings (SSSR count). The van der Waals surface area contributed by atoms with Crippen LogP contribution in [0.4, 0.5) is 0 Å². The Bertz CT molecular complexity index is 397. The zero-order chi connectivity index (χ0) is 13.9. The van der Waals surface area contributed by atoms with E-state index < -0.39 is 0 Å². The Morgan fingerprint density at radius 2 is 2.16 bits per heavy atom. The summed E-state index contributed by atoms with van der Waals surface area (Å²) in [5.41, 5.74) is 1.30. The van der Waals surface area contributed by atoms with Crippen LogP contribution in [0.5, 0.6) is 0 Å². The van der Waals surface area contributed by atoms with Crippen LogP contribution in [0.3, 0.4) is 0 Å². The average Bonchev–Trinajstić information content (AvgIpc) is 2.70. The summed E-state index contributed by atoms with van der Waals surface area (Å²) < 4.78 is 0. The quantitative estimate of drug-likeness (QED) is 0.925. The summed E-state index contributed by atoms with van der Waals surface area (Å²) >= 11 is 1.76. The molecule has 3 nitrogen and oxygen atoms in total. The van der Waals surface area contributed by atoms with Gasteiger partial charge in [-0.2, -0.15) is 0 Å². The predicted octanol–water partition coefficient (Wildman–Crippen LogP) is 3.18. The zero-order valence-corrected chi connectivity index (χ0v) is 13.2. The minimum absolute atomic E-state index is 0.137. The average molecular weight is 282 g/mol. The van der Waals surface area contributed by atoms with Gasteiger partial charge in [0.25, 0.3) is 0 Å². The maximum atomic E-state index is 9.54. The van der Waals surface area contributed by atoms with Crippen molar-refractivity contribution in [3.63, 3.8) is 0 Å². The molecule has 0 bridgehead atoms. The van der Waals surface area contributed by atoms with Gasteiger partial charge in [-0.1, -0.05) is 33.6 Å². The predicted molar refractivity (Wildman–Crippen MR) is 80.6 cm³/mol. The summed E-state index contributed by atoms with van der Waals surface area (Å²) in [6.07, 6.45) is 4.89. The second-order valence-corrected chi connectivity index (χ2v) is 7.41. The number of hydrogen-bond donors (Lipinski definition) is 1. The maximum Gasteiger partial charge on any atom is 0.0982 e. The Balaban J connectivity index is 2.04. The van der Waals surface area contributed by atoms with Crippen molar-refractivity contribution in [3.05, 3.63) is 16.1 Å². The molecule has 1 aromatic heterocycles. The number of aliphatic hydroxyl groups is 1. The molecule has 0 aliphatic carbocycles. The van der Waals surface area contributed by atoms with Crippen LogP contribution in [0.25, 0.3) is 0 Å². The van der Waals surface area contributed by atoms with E-state index in [0.717, 1.165) is 25.2 Å². The molecule has 108 valence electrons. The SMILES string of the molecule is CC(C)(C)c1nc(CN2CCCCCC2CO)cs1. The molecule has 0 aromatic carbocycles. The summed E-state index contributed by atoms with van der Waals surface area (Å²) in [5, 5.41) is 12.9. The molecule has 2 heterocycles. The van der Waals surface area contributed by atoms with Crippen LogP contribution in [0.1, 0.15) is 57.2 Å². The maximum absolute atomic E-state index is 9.54. The number of rotatable bonds is 3. The number of thiazole rings is 1. The van der Waals surface area contributed by atoms with Gasteiger partial charge in [-0.3, -0.25) is 4.90 Å². The third kappa shape index (κ3) is 4.01. The molecule has 1 fully saturated rings. The Morgan fingerprint density at radius 1 is 1.37 bits per heavy atom. The van der Waals surface area contributed by atoms with Crippen LogP contribution in [0.2, 0.25) is 0 Å². The van der Waals surface area contributed by atoms with Crippen molar-refractivity contribution in [1.82, 2.24) is 9.88 Å². The second kappa shape index (κ2) is 6.33. The smallest absolute Gasteiger partial charge is 0.0982 e. The number of nitrogens with zero attached hydrogens (tertiary/aromatic N) is 2. The summed E-state index contributed by atoms with van der Waals surface area (Å²) in [6.45, 7) is 8.87. The molecule has 1 aliphatic rings. The van der Waals surface area contributed by atoms with E-state index in [0.29, 0.717) is 6.04 Å². The van der Waals surface area contributed by atoms with E-state index in [-0.39, 0.29) is 12.0 Å². The summed E-state index contributed by atoms with van der Waals surface area (Å²) in [7, 11) is 0. The second-order valence-electron chi connectivity index (χ2n) is 6.55. The highest BCUT2D eigenvalue weighted by atomic mass is 32.1. The Hall–Kier alpha value is -0.450. The Morgan fingerprint density at radius 3 is 2.79 bits per heavy atom. The van der Waals surface area contributed by atoms with Crippen LogP contribution in [-0.2, 0) is 12.0 Å². The van der Waals surface area contributed by atoms with Crippen LogP contribution >= 0.6 is 11.3 Å². The summed E-state index contributed by atoms with van der Waals surface area (Å²) in [5.74, 6) is 0. The van der Waals surface area contributed by atoms with Gasteiger partial charge < -0.3 is 5.11 Å². The largest absolute Gasteiger partial charge is 0.395 e. The summed E-state index contributed by atoms with van der Waals surface area (Å²) in [4.78, 5) is 7.18. The third-order valence-electron chi connectivity index (χ3n) is 3.77. The molecule has 0 radical (unpaired) electrons. The van der Waals surface area contributed by atoms with Crippen LogP contribution in [0.15, 0.2) is 5.38 Å². The van der Waals surface area contributed by atoms with Crippen LogP contribution in [-0.4, -0.2) is 34.2 Å². The first-order chi connectivity index (χ1) is 9.00. The van der Waals surface area contributed by atoms with Crippen molar-refractivity contribution >= 4 is 11.3 Å². The molecular weight excluding hydrogens is 256 g/mol. The van der Waals surface area contributed by atoms with E-state index >= 15 is 0 Å². The number of hydrogen-bond acceptors (Lipinski definition) is 4. The van der Waals surface area contributed by atoms with Crippen molar-refractivity contribution in [2.75, 3.05) is 13.2 Å². The molecule has 1 aromatic rings. The number of likely N-dealkylation sites (tertiary alicyclic amines) is 1. The monoisotopic (exact) mass is 282 g/mol. The van der Waals surface area contributed by atoms with Gasteiger partial charge in [-0.25, -0.2) is 4.98 Å². The van der Waals surface area contributed by atoms with E-state index in [9.17, 15) is 5.11 Å². The van der Waals surface area contributed by atoms with E-state index in [1.807, 2.05) is 0 Å². The van der Waals surface area contributed by atoms with Gasteiger partial charge in [0, 0.05) is 23.4 Å². The van der Waals surface area contributed by atoms with Crippen molar-refractivity contribution in [2.45, 2.75) is 64.5 Å². The lowest BCUT2D eigenvalue weighted by atomic mass is 9.98. The van der Waals surface area contributed by atoms with E-state index in [1.165, 1.54) is 24.3 Å². The lowest BCUT2D eigenvalue weighted by Gasteiger charge is -2.27.